The maximum absolute atomic E-state index is 12.4. The summed E-state index contributed by atoms with van der Waals surface area (Å²) in [5.74, 6) is 0. The SMILES string of the molecule is O=S(=O)(NCC1CCCO1)C1CCc2ccccc2C1. The lowest BCUT2D eigenvalue weighted by molar-refractivity contribution is 0.114. The van der Waals surface area contributed by atoms with Gasteiger partial charge in [0.1, 0.15) is 0 Å². The van der Waals surface area contributed by atoms with Crippen molar-refractivity contribution in [3.63, 3.8) is 0 Å². The van der Waals surface area contributed by atoms with Crippen LogP contribution in [0.25, 0.3) is 0 Å². The van der Waals surface area contributed by atoms with Crippen molar-refractivity contribution in [1.82, 2.24) is 4.72 Å². The molecule has 1 aromatic carbocycles. The van der Waals surface area contributed by atoms with Crippen LogP contribution in [0, 0.1) is 0 Å². The molecule has 3 rings (SSSR count). The Labute approximate surface area is 120 Å². The van der Waals surface area contributed by atoms with Gasteiger partial charge in [-0.1, -0.05) is 24.3 Å². The van der Waals surface area contributed by atoms with E-state index in [-0.39, 0.29) is 11.4 Å². The molecule has 2 unspecified atom stereocenters. The highest BCUT2D eigenvalue weighted by Crippen LogP contribution is 2.25. The van der Waals surface area contributed by atoms with Crippen molar-refractivity contribution in [3.05, 3.63) is 35.4 Å². The Hall–Kier alpha value is -0.910. The first-order valence-corrected chi connectivity index (χ1v) is 8.86. The number of ether oxygens (including phenoxy) is 1. The molecule has 1 aliphatic heterocycles. The molecule has 0 radical (unpaired) electrons. The maximum Gasteiger partial charge on any atom is 0.214 e. The van der Waals surface area contributed by atoms with E-state index in [0.717, 1.165) is 25.9 Å². The van der Waals surface area contributed by atoms with Crippen molar-refractivity contribution in [1.29, 1.82) is 0 Å². The van der Waals surface area contributed by atoms with Gasteiger partial charge >= 0.3 is 0 Å². The molecule has 0 aromatic heterocycles. The van der Waals surface area contributed by atoms with Crippen molar-refractivity contribution in [2.24, 2.45) is 0 Å². The molecular weight excluding hydrogens is 274 g/mol. The van der Waals surface area contributed by atoms with E-state index in [2.05, 4.69) is 10.8 Å². The second-order valence-corrected chi connectivity index (χ2v) is 7.71. The number of benzene rings is 1. The normalized spacial score (nSPS) is 26.4. The minimum absolute atomic E-state index is 0.0562. The Kier molecular flexibility index (Phi) is 4.10. The summed E-state index contributed by atoms with van der Waals surface area (Å²) in [5.41, 5.74) is 2.46. The van der Waals surface area contributed by atoms with Gasteiger partial charge in [0.15, 0.2) is 0 Å². The predicted molar refractivity (Wildman–Crippen MR) is 78.2 cm³/mol. The smallest absolute Gasteiger partial charge is 0.214 e. The maximum atomic E-state index is 12.4. The zero-order valence-electron chi connectivity index (χ0n) is 11.5. The van der Waals surface area contributed by atoms with Crippen LogP contribution < -0.4 is 4.72 Å². The van der Waals surface area contributed by atoms with Gasteiger partial charge in [-0.05, 0) is 43.2 Å². The number of fused-ring (bicyclic) bond motifs is 1. The molecule has 1 saturated heterocycles. The molecule has 110 valence electrons. The van der Waals surface area contributed by atoms with Gasteiger partial charge in [-0.25, -0.2) is 13.1 Å². The molecule has 2 aliphatic rings. The van der Waals surface area contributed by atoms with Gasteiger partial charge in [0.25, 0.3) is 0 Å². The second-order valence-electron chi connectivity index (χ2n) is 5.66. The Balaban J connectivity index is 1.63. The van der Waals surface area contributed by atoms with Crippen LogP contribution >= 0.6 is 0 Å². The fraction of sp³-hybridized carbons (Fsp3) is 0.600. The van der Waals surface area contributed by atoms with E-state index < -0.39 is 10.0 Å². The van der Waals surface area contributed by atoms with E-state index in [1.807, 2.05) is 18.2 Å². The summed E-state index contributed by atoms with van der Waals surface area (Å²) in [5, 5.41) is -0.307. The van der Waals surface area contributed by atoms with Gasteiger partial charge in [0.2, 0.25) is 10.0 Å². The highest BCUT2D eigenvalue weighted by Gasteiger charge is 2.30. The lowest BCUT2D eigenvalue weighted by atomic mass is 9.92. The third-order valence-electron chi connectivity index (χ3n) is 4.28. The Morgan fingerprint density at radius 2 is 2.00 bits per heavy atom. The van der Waals surface area contributed by atoms with Crippen LogP contribution in [-0.4, -0.2) is 32.9 Å². The third-order valence-corrected chi connectivity index (χ3v) is 6.13. The van der Waals surface area contributed by atoms with E-state index in [0.29, 0.717) is 19.4 Å². The van der Waals surface area contributed by atoms with Crippen LogP contribution in [0.3, 0.4) is 0 Å². The van der Waals surface area contributed by atoms with Crippen molar-refractivity contribution >= 4 is 10.0 Å². The Morgan fingerprint density at radius 1 is 1.20 bits per heavy atom. The van der Waals surface area contributed by atoms with Crippen molar-refractivity contribution in [2.45, 2.75) is 43.5 Å². The van der Waals surface area contributed by atoms with Crippen molar-refractivity contribution in [3.8, 4) is 0 Å². The molecule has 1 aromatic rings. The molecule has 2 atom stereocenters. The Bertz CT molecular complexity index is 564. The summed E-state index contributed by atoms with van der Waals surface area (Å²) in [6.45, 7) is 1.17. The van der Waals surface area contributed by atoms with Gasteiger partial charge in [-0.15, -0.1) is 0 Å². The van der Waals surface area contributed by atoms with Gasteiger partial charge in [0.05, 0.1) is 11.4 Å². The average Bonchev–Trinajstić information content (AvgIpc) is 2.98. The average molecular weight is 295 g/mol. The summed E-state index contributed by atoms with van der Waals surface area (Å²) >= 11 is 0. The van der Waals surface area contributed by atoms with Gasteiger partial charge in [0, 0.05) is 13.2 Å². The van der Waals surface area contributed by atoms with Crippen molar-refractivity contribution < 1.29 is 13.2 Å². The molecule has 0 spiro atoms. The molecule has 5 heteroatoms. The Morgan fingerprint density at radius 3 is 2.75 bits per heavy atom. The molecule has 0 bridgehead atoms. The van der Waals surface area contributed by atoms with Gasteiger partial charge in [-0.2, -0.15) is 0 Å². The van der Waals surface area contributed by atoms with E-state index in [1.54, 1.807) is 0 Å². The summed E-state index contributed by atoms with van der Waals surface area (Å²) in [7, 11) is -3.24. The number of aryl methyl sites for hydroxylation is 1. The molecule has 1 aliphatic carbocycles. The quantitative estimate of drug-likeness (QED) is 0.919. The molecular formula is C15H21NO3S. The number of hydrogen-bond acceptors (Lipinski definition) is 3. The zero-order valence-corrected chi connectivity index (χ0v) is 12.4. The van der Waals surface area contributed by atoms with Gasteiger partial charge in [-0.3, -0.25) is 0 Å². The summed E-state index contributed by atoms with van der Waals surface area (Å²) in [6.07, 6.45) is 4.22. The lowest BCUT2D eigenvalue weighted by Crippen LogP contribution is -2.41. The topological polar surface area (TPSA) is 55.4 Å². The predicted octanol–water partition coefficient (Wildman–Crippen LogP) is 1.64. The molecule has 0 saturated carbocycles. The number of sulfonamides is 1. The molecule has 1 N–H and O–H groups in total. The first-order valence-electron chi connectivity index (χ1n) is 7.32. The summed E-state index contributed by atoms with van der Waals surface area (Å²) in [4.78, 5) is 0. The van der Waals surface area contributed by atoms with Crippen LogP contribution in [0.4, 0.5) is 0 Å². The zero-order chi connectivity index (χ0) is 14.0. The first kappa shape index (κ1) is 14.0. The van der Waals surface area contributed by atoms with Crippen LogP contribution in [0.15, 0.2) is 24.3 Å². The summed E-state index contributed by atoms with van der Waals surface area (Å²) < 4.78 is 33.0. The summed E-state index contributed by atoms with van der Waals surface area (Å²) in [6, 6.07) is 8.13. The second kappa shape index (κ2) is 5.84. The van der Waals surface area contributed by atoms with Crippen molar-refractivity contribution in [2.75, 3.05) is 13.2 Å². The number of nitrogens with one attached hydrogen (secondary N) is 1. The first-order chi connectivity index (χ1) is 9.65. The number of hydrogen-bond donors (Lipinski definition) is 1. The lowest BCUT2D eigenvalue weighted by Gasteiger charge is -2.25. The highest BCUT2D eigenvalue weighted by molar-refractivity contribution is 7.90. The molecule has 1 heterocycles. The molecule has 1 fully saturated rings. The number of rotatable bonds is 4. The molecule has 0 amide bonds. The van der Waals surface area contributed by atoms with E-state index in [1.165, 1.54) is 11.1 Å². The van der Waals surface area contributed by atoms with Crippen LogP contribution in [0.2, 0.25) is 0 Å². The monoisotopic (exact) mass is 295 g/mol. The van der Waals surface area contributed by atoms with Gasteiger partial charge < -0.3 is 4.74 Å². The van der Waals surface area contributed by atoms with E-state index >= 15 is 0 Å². The highest BCUT2D eigenvalue weighted by atomic mass is 32.2. The van der Waals surface area contributed by atoms with Crippen LogP contribution in [0.5, 0.6) is 0 Å². The largest absolute Gasteiger partial charge is 0.377 e. The standard InChI is InChI=1S/C15H21NO3S/c17-20(18,16-11-14-6-3-9-19-14)15-8-7-12-4-1-2-5-13(12)10-15/h1-2,4-5,14-16H,3,6-11H2. The van der Waals surface area contributed by atoms with Crippen LogP contribution in [-0.2, 0) is 27.6 Å². The molecule has 4 nitrogen and oxygen atoms in total. The van der Waals surface area contributed by atoms with E-state index in [9.17, 15) is 8.42 Å². The third kappa shape index (κ3) is 3.05. The fourth-order valence-electron chi connectivity index (χ4n) is 3.06. The minimum atomic E-state index is -3.24. The van der Waals surface area contributed by atoms with E-state index in [4.69, 9.17) is 4.74 Å². The fourth-order valence-corrected chi connectivity index (χ4v) is 4.54. The minimum Gasteiger partial charge on any atom is -0.377 e. The van der Waals surface area contributed by atoms with Crippen LogP contribution in [0.1, 0.15) is 30.4 Å². The molecule has 20 heavy (non-hydrogen) atoms.